The van der Waals surface area contributed by atoms with Gasteiger partial charge in [-0.05, 0) is 38.6 Å². The van der Waals surface area contributed by atoms with E-state index in [0.717, 1.165) is 5.56 Å². The van der Waals surface area contributed by atoms with Gasteiger partial charge in [0.25, 0.3) is 0 Å². The van der Waals surface area contributed by atoms with E-state index in [1.807, 2.05) is 26.1 Å². The number of nitrogens with one attached hydrogen (secondary N) is 1. The van der Waals surface area contributed by atoms with Gasteiger partial charge in [0.2, 0.25) is 5.88 Å². The summed E-state index contributed by atoms with van der Waals surface area (Å²) >= 11 is 0. The zero-order valence-corrected chi connectivity index (χ0v) is 11.3. The Hall–Kier alpha value is -1.94. The van der Waals surface area contributed by atoms with E-state index >= 15 is 0 Å². The van der Waals surface area contributed by atoms with Crippen LogP contribution in [0.5, 0.6) is 11.6 Å². The second kappa shape index (κ2) is 5.80. The van der Waals surface area contributed by atoms with E-state index in [9.17, 15) is 4.39 Å². The molecule has 1 aromatic heterocycles. The smallest absolute Gasteiger partial charge is 0.223 e. The molecule has 0 fully saturated rings. The highest BCUT2D eigenvalue weighted by molar-refractivity contribution is 5.35. The molecule has 0 radical (unpaired) electrons. The summed E-state index contributed by atoms with van der Waals surface area (Å²) < 4.78 is 19.2. The molecule has 2 aromatic rings. The highest BCUT2D eigenvalue weighted by atomic mass is 19.1. The molecule has 0 aliphatic carbocycles. The highest BCUT2D eigenvalue weighted by Gasteiger charge is 2.12. The molecule has 19 heavy (non-hydrogen) atoms. The number of rotatable bonds is 4. The van der Waals surface area contributed by atoms with Gasteiger partial charge in [-0.2, -0.15) is 0 Å². The summed E-state index contributed by atoms with van der Waals surface area (Å²) in [6.07, 6.45) is 1.66. The lowest BCUT2D eigenvalue weighted by atomic mass is 10.1. The molecule has 1 unspecified atom stereocenters. The van der Waals surface area contributed by atoms with Gasteiger partial charge in [0.05, 0.1) is 0 Å². The number of hydrogen-bond donors (Lipinski definition) is 1. The highest BCUT2D eigenvalue weighted by Crippen LogP contribution is 2.27. The molecule has 1 atom stereocenters. The number of hydrogen-bond acceptors (Lipinski definition) is 3. The van der Waals surface area contributed by atoms with E-state index in [-0.39, 0.29) is 11.9 Å². The molecule has 0 bridgehead atoms. The molecular formula is C15H17FN2O. The molecular weight excluding hydrogens is 243 g/mol. The Morgan fingerprint density at radius 1 is 1.32 bits per heavy atom. The van der Waals surface area contributed by atoms with Crippen LogP contribution in [0.1, 0.15) is 24.1 Å². The van der Waals surface area contributed by atoms with Crippen LogP contribution in [-0.4, -0.2) is 12.0 Å². The minimum absolute atomic E-state index is 0.110. The summed E-state index contributed by atoms with van der Waals surface area (Å²) in [5.74, 6) is 0.663. The molecule has 0 saturated heterocycles. The van der Waals surface area contributed by atoms with Gasteiger partial charge in [-0.25, -0.2) is 9.37 Å². The standard InChI is InChI=1S/C15H17FN2O/c1-10-6-7-12(9-14(10)16)19-15-13(11(2)17-3)5-4-8-18-15/h4-9,11,17H,1-3H3. The molecule has 0 spiro atoms. The van der Waals surface area contributed by atoms with Crippen molar-refractivity contribution in [2.45, 2.75) is 19.9 Å². The van der Waals surface area contributed by atoms with Crippen LogP contribution in [0.15, 0.2) is 36.5 Å². The molecule has 0 saturated carbocycles. The summed E-state index contributed by atoms with van der Waals surface area (Å²) in [7, 11) is 1.87. The lowest BCUT2D eigenvalue weighted by Gasteiger charge is -2.15. The Labute approximate surface area is 112 Å². The Morgan fingerprint density at radius 2 is 2.11 bits per heavy atom. The molecule has 1 aromatic carbocycles. The van der Waals surface area contributed by atoms with Crippen LogP contribution < -0.4 is 10.1 Å². The first-order valence-electron chi connectivity index (χ1n) is 6.18. The average Bonchev–Trinajstić information content (AvgIpc) is 2.43. The summed E-state index contributed by atoms with van der Waals surface area (Å²) in [6, 6.07) is 8.70. The van der Waals surface area contributed by atoms with Crippen molar-refractivity contribution in [1.82, 2.24) is 10.3 Å². The van der Waals surface area contributed by atoms with Gasteiger partial charge < -0.3 is 10.1 Å². The van der Waals surface area contributed by atoms with Crippen molar-refractivity contribution < 1.29 is 9.13 Å². The Balaban J connectivity index is 2.30. The van der Waals surface area contributed by atoms with Crippen LogP contribution >= 0.6 is 0 Å². The lowest BCUT2D eigenvalue weighted by molar-refractivity contribution is 0.442. The van der Waals surface area contributed by atoms with Crippen LogP contribution in [0.2, 0.25) is 0 Å². The first-order valence-corrected chi connectivity index (χ1v) is 6.18. The molecule has 100 valence electrons. The molecule has 3 nitrogen and oxygen atoms in total. The topological polar surface area (TPSA) is 34.2 Å². The van der Waals surface area contributed by atoms with E-state index in [4.69, 9.17) is 4.74 Å². The van der Waals surface area contributed by atoms with Crippen LogP contribution in [0.25, 0.3) is 0 Å². The molecule has 2 rings (SSSR count). The second-order valence-electron chi connectivity index (χ2n) is 4.42. The third kappa shape index (κ3) is 3.09. The predicted octanol–water partition coefficient (Wildman–Crippen LogP) is 3.60. The van der Waals surface area contributed by atoms with Crippen LogP contribution in [-0.2, 0) is 0 Å². The fraction of sp³-hybridized carbons (Fsp3) is 0.267. The zero-order valence-electron chi connectivity index (χ0n) is 11.3. The summed E-state index contributed by atoms with van der Waals surface area (Å²) in [6.45, 7) is 3.73. The van der Waals surface area contributed by atoms with E-state index in [1.54, 1.807) is 25.3 Å². The average molecular weight is 260 g/mol. The van der Waals surface area contributed by atoms with E-state index in [0.29, 0.717) is 17.2 Å². The van der Waals surface area contributed by atoms with Gasteiger partial charge >= 0.3 is 0 Å². The second-order valence-corrected chi connectivity index (χ2v) is 4.42. The van der Waals surface area contributed by atoms with E-state index in [2.05, 4.69) is 10.3 Å². The minimum atomic E-state index is -0.281. The van der Waals surface area contributed by atoms with Crippen molar-refractivity contribution in [3.05, 3.63) is 53.5 Å². The van der Waals surface area contributed by atoms with Crippen molar-refractivity contribution in [3.63, 3.8) is 0 Å². The van der Waals surface area contributed by atoms with Gasteiger partial charge in [-0.3, -0.25) is 0 Å². The maximum absolute atomic E-state index is 13.5. The van der Waals surface area contributed by atoms with Gasteiger partial charge in [-0.15, -0.1) is 0 Å². The Bertz CT molecular complexity index is 572. The molecule has 0 aliphatic heterocycles. The van der Waals surface area contributed by atoms with Crippen LogP contribution in [0.4, 0.5) is 4.39 Å². The monoisotopic (exact) mass is 260 g/mol. The van der Waals surface area contributed by atoms with Crippen molar-refractivity contribution in [3.8, 4) is 11.6 Å². The molecule has 1 heterocycles. The molecule has 0 amide bonds. The van der Waals surface area contributed by atoms with Gasteiger partial charge in [0.1, 0.15) is 11.6 Å². The van der Waals surface area contributed by atoms with Gasteiger partial charge in [-0.1, -0.05) is 12.1 Å². The van der Waals surface area contributed by atoms with Crippen molar-refractivity contribution >= 4 is 0 Å². The summed E-state index contributed by atoms with van der Waals surface area (Å²) in [5, 5.41) is 3.13. The van der Waals surface area contributed by atoms with Crippen molar-refractivity contribution in [2.75, 3.05) is 7.05 Å². The maximum atomic E-state index is 13.5. The number of pyridine rings is 1. The number of ether oxygens (including phenoxy) is 1. The number of nitrogens with zero attached hydrogens (tertiary/aromatic N) is 1. The number of aromatic nitrogens is 1. The van der Waals surface area contributed by atoms with Crippen LogP contribution in [0, 0.1) is 12.7 Å². The Kier molecular flexibility index (Phi) is 4.12. The summed E-state index contributed by atoms with van der Waals surface area (Å²) in [4.78, 5) is 4.21. The Morgan fingerprint density at radius 3 is 2.79 bits per heavy atom. The van der Waals surface area contributed by atoms with Crippen molar-refractivity contribution in [1.29, 1.82) is 0 Å². The first kappa shape index (κ1) is 13.5. The SMILES string of the molecule is CNC(C)c1cccnc1Oc1ccc(C)c(F)c1. The van der Waals surface area contributed by atoms with E-state index in [1.165, 1.54) is 6.07 Å². The van der Waals surface area contributed by atoms with Gasteiger partial charge in [0.15, 0.2) is 0 Å². The molecule has 4 heteroatoms. The lowest BCUT2D eigenvalue weighted by Crippen LogP contribution is -2.13. The van der Waals surface area contributed by atoms with Crippen LogP contribution in [0.3, 0.4) is 0 Å². The zero-order chi connectivity index (χ0) is 13.8. The largest absolute Gasteiger partial charge is 0.439 e. The predicted molar refractivity (Wildman–Crippen MR) is 72.9 cm³/mol. The molecule has 0 aliphatic rings. The number of aryl methyl sites for hydroxylation is 1. The third-order valence-corrected chi connectivity index (χ3v) is 3.06. The summed E-state index contributed by atoms with van der Waals surface area (Å²) in [5.41, 5.74) is 1.53. The van der Waals surface area contributed by atoms with Crippen molar-refractivity contribution in [2.24, 2.45) is 0 Å². The fourth-order valence-electron chi connectivity index (χ4n) is 1.72. The normalized spacial score (nSPS) is 12.2. The third-order valence-electron chi connectivity index (χ3n) is 3.06. The first-order chi connectivity index (χ1) is 9.11. The minimum Gasteiger partial charge on any atom is -0.439 e. The number of halogens is 1. The maximum Gasteiger partial charge on any atom is 0.223 e. The van der Waals surface area contributed by atoms with E-state index < -0.39 is 0 Å². The number of benzene rings is 1. The quantitative estimate of drug-likeness (QED) is 0.912. The molecule has 1 N–H and O–H groups in total. The van der Waals surface area contributed by atoms with Gasteiger partial charge in [0, 0.05) is 23.9 Å². The fourth-order valence-corrected chi connectivity index (χ4v) is 1.72.